The number of carboxylic acids is 1. The summed E-state index contributed by atoms with van der Waals surface area (Å²) < 4.78 is 5.15. The van der Waals surface area contributed by atoms with Crippen LogP contribution in [0.1, 0.15) is 34.9 Å². The number of carbonyl (C=O) groups is 1. The third-order valence-corrected chi connectivity index (χ3v) is 3.17. The Morgan fingerprint density at radius 3 is 2.87 bits per heavy atom. The zero-order valence-electron chi connectivity index (χ0n) is 8.47. The number of hydrogen-bond donors (Lipinski definition) is 2. The molecule has 0 aliphatic rings. The molecular weight excluding hydrogens is 216 g/mol. The second kappa shape index (κ2) is 5.82. The first kappa shape index (κ1) is 12.1. The summed E-state index contributed by atoms with van der Waals surface area (Å²) in [6, 6.07) is 3.14. The molecule has 1 aromatic heterocycles. The van der Waals surface area contributed by atoms with Crippen LogP contribution >= 0.6 is 11.8 Å². The summed E-state index contributed by atoms with van der Waals surface area (Å²) in [5, 5.41) is 17.4. The smallest absolute Gasteiger partial charge is 0.371 e. The van der Waals surface area contributed by atoms with Gasteiger partial charge in [-0.3, -0.25) is 0 Å². The first-order valence-electron chi connectivity index (χ1n) is 4.70. The molecule has 0 saturated heterocycles. The molecule has 0 amide bonds. The van der Waals surface area contributed by atoms with Gasteiger partial charge < -0.3 is 14.6 Å². The van der Waals surface area contributed by atoms with Gasteiger partial charge in [-0.25, -0.2) is 4.79 Å². The highest BCUT2D eigenvalue weighted by Crippen LogP contribution is 2.29. The van der Waals surface area contributed by atoms with Crippen LogP contribution in [0.2, 0.25) is 0 Å². The lowest BCUT2D eigenvalue weighted by Gasteiger charge is -2.06. The van der Waals surface area contributed by atoms with Crippen LogP contribution in [0.3, 0.4) is 0 Å². The SMILES string of the molecule is CC(SCCCO)c1ccc(C(=O)O)o1. The van der Waals surface area contributed by atoms with E-state index in [-0.39, 0.29) is 17.6 Å². The van der Waals surface area contributed by atoms with Crippen LogP contribution < -0.4 is 0 Å². The molecule has 1 atom stereocenters. The second-order valence-electron chi connectivity index (χ2n) is 3.10. The molecule has 2 N–H and O–H groups in total. The molecule has 4 nitrogen and oxygen atoms in total. The molecule has 84 valence electrons. The molecule has 0 bridgehead atoms. The van der Waals surface area contributed by atoms with Gasteiger partial charge >= 0.3 is 5.97 Å². The lowest BCUT2D eigenvalue weighted by Crippen LogP contribution is -1.93. The minimum Gasteiger partial charge on any atom is -0.475 e. The summed E-state index contributed by atoms with van der Waals surface area (Å²) in [5.41, 5.74) is 0. The number of aliphatic hydroxyl groups excluding tert-OH is 1. The summed E-state index contributed by atoms with van der Waals surface area (Å²) in [7, 11) is 0. The molecule has 0 aromatic carbocycles. The van der Waals surface area contributed by atoms with E-state index in [1.807, 2.05) is 6.92 Å². The lowest BCUT2D eigenvalue weighted by atomic mass is 10.3. The van der Waals surface area contributed by atoms with E-state index in [1.54, 1.807) is 17.8 Å². The number of rotatable bonds is 6. The van der Waals surface area contributed by atoms with Crippen LogP contribution in [-0.4, -0.2) is 28.5 Å². The van der Waals surface area contributed by atoms with Crippen molar-refractivity contribution in [3.05, 3.63) is 23.7 Å². The number of carboxylic acid groups (broad SMARTS) is 1. The third-order valence-electron chi connectivity index (χ3n) is 1.91. The van der Waals surface area contributed by atoms with E-state index in [1.165, 1.54) is 6.07 Å². The van der Waals surface area contributed by atoms with Crippen molar-refractivity contribution in [3.8, 4) is 0 Å². The third kappa shape index (κ3) is 3.60. The largest absolute Gasteiger partial charge is 0.475 e. The van der Waals surface area contributed by atoms with Gasteiger partial charge in [-0.05, 0) is 31.2 Å². The Morgan fingerprint density at radius 2 is 2.33 bits per heavy atom. The Hall–Kier alpha value is -0.940. The van der Waals surface area contributed by atoms with Gasteiger partial charge in [0.1, 0.15) is 5.76 Å². The number of aliphatic hydroxyl groups is 1. The standard InChI is InChI=1S/C10H14O4S/c1-7(15-6-2-5-11)8-3-4-9(14-8)10(12)13/h3-4,7,11H,2,5-6H2,1H3,(H,12,13). The van der Waals surface area contributed by atoms with Gasteiger partial charge in [0.05, 0.1) is 5.25 Å². The van der Waals surface area contributed by atoms with Crippen molar-refractivity contribution in [1.29, 1.82) is 0 Å². The molecule has 15 heavy (non-hydrogen) atoms. The molecule has 0 aliphatic carbocycles. The summed E-state index contributed by atoms with van der Waals surface area (Å²) >= 11 is 1.63. The number of furan rings is 1. The highest BCUT2D eigenvalue weighted by atomic mass is 32.2. The van der Waals surface area contributed by atoms with Crippen molar-refractivity contribution >= 4 is 17.7 Å². The zero-order valence-corrected chi connectivity index (χ0v) is 9.29. The van der Waals surface area contributed by atoms with Crippen LogP contribution in [0.5, 0.6) is 0 Å². The highest BCUT2D eigenvalue weighted by Gasteiger charge is 2.13. The van der Waals surface area contributed by atoms with Crippen molar-refractivity contribution in [2.45, 2.75) is 18.6 Å². The van der Waals surface area contributed by atoms with Gasteiger partial charge in [0.25, 0.3) is 0 Å². The Bertz CT molecular complexity index is 321. The monoisotopic (exact) mass is 230 g/mol. The quantitative estimate of drug-likeness (QED) is 0.733. The van der Waals surface area contributed by atoms with Crippen LogP contribution in [0.15, 0.2) is 16.5 Å². The maximum Gasteiger partial charge on any atom is 0.371 e. The minimum absolute atomic E-state index is 0.0281. The maximum absolute atomic E-state index is 10.6. The summed E-state index contributed by atoms with van der Waals surface area (Å²) in [6.07, 6.45) is 0.738. The average molecular weight is 230 g/mol. The summed E-state index contributed by atoms with van der Waals surface area (Å²) in [6.45, 7) is 2.13. The molecular formula is C10H14O4S. The Labute approximate surface area is 92.3 Å². The Morgan fingerprint density at radius 1 is 1.60 bits per heavy atom. The van der Waals surface area contributed by atoms with E-state index in [9.17, 15) is 4.79 Å². The van der Waals surface area contributed by atoms with Gasteiger partial charge in [0.15, 0.2) is 0 Å². The van der Waals surface area contributed by atoms with Crippen LogP contribution in [-0.2, 0) is 0 Å². The van der Waals surface area contributed by atoms with Crippen molar-refractivity contribution in [2.75, 3.05) is 12.4 Å². The topological polar surface area (TPSA) is 70.7 Å². The van der Waals surface area contributed by atoms with Gasteiger partial charge in [-0.15, -0.1) is 0 Å². The molecule has 0 saturated carbocycles. The predicted octanol–water partition coefficient (Wildman–Crippen LogP) is 2.15. The number of hydrogen-bond acceptors (Lipinski definition) is 4. The van der Waals surface area contributed by atoms with E-state index in [0.29, 0.717) is 5.76 Å². The van der Waals surface area contributed by atoms with E-state index in [2.05, 4.69) is 0 Å². The summed E-state index contributed by atoms with van der Waals surface area (Å²) in [4.78, 5) is 10.6. The van der Waals surface area contributed by atoms with Crippen molar-refractivity contribution < 1.29 is 19.4 Å². The van der Waals surface area contributed by atoms with Crippen LogP contribution in [0.4, 0.5) is 0 Å². The molecule has 0 radical (unpaired) electrons. The van der Waals surface area contributed by atoms with E-state index in [4.69, 9.17) is 14.6 Å². The molecule has 0 aliphatic heterocycles. The first-order valence-corrected chi connectivity index (χ1v) is 5.75. The molecule has 1 aromatic rings. The van der Waals surface area contributed by atoms with Crippen LogP contribution in [0.25, 0.3) is 0 Å². The minimum atomic E-state index is -1.05. The van der Waals surface area contributed by atoms with Crippen molar-refractivity contribution in [3.63, 3.8) is 0 Å². The number of aromatic carboxylic acids is 1. The molecule has 0 fully saturated rings. The molecule has 0 spiro atoms. The zero-order chi connectivity index (χ0) is 11.3. The Kier molecular flexibility index (Phi) is 4.71. The molecule has 1 heterocycles. The van der Waals surface area contributed by atoms with Gasteiger partial charge in [0, 0.05) is 6.61 Å². The average Bonchev–Trinajstić information content (AvgIpc) is 2.66. The fourth-order valence-corrected chi connectivity index (χ4v) is 2.03. The van der Waals surface area contributed by atoms with E-state index >= 15 is 0 Å². The summed E-state index contributed by atoms with van der Waals surface area (Å²) in [5.74, 6) is 0.421. The Balaban J connectivity index is 2.50. The molecule has 1 unspecified atom stereocenters. The fourth-order valence-electron chi connectivity index (χ4n) is 1.09. The predicted molar refractivity (Wildman–Crippen MR) is 58.2 cm³/mol. The highest BCUT2D eigenvalue weighted by molar-refractivity contribution is 7.99. The second-order valence-corrected chi connectivity index (χ2v) is 4.55. The van der Waals surface area contributed by atoms with Crippen LogP contribution in [0, 0.1) is 0 Å². The maximum atomic E-state index is 10.6. The molecule has 5 heteroatoms. The van der Waals surface area contributed by atoms with Crippen molar-refractivity contribution in [1.82, 2.24) is 0 Å². The van der Waals surface area contributed by atoms with Gasteiger partial charge in [-0.2, -0.15) is 11.8 Å². The van der Waals surface area contributed by atoms with Crippen molar-refractivity contribution in [2.24, 2.45) is 0 Å². The lowest BCUT2D eigenvalue weighted by molar-refractivity contribution is 0.0660. The van der Waals surface area contributed by atoms with Gasteiger partial charge in [0.2, 0.25) is 5.76 Å². The van der Waals surface area contributed by atoms with E-state index < -0.39 is 5.97 Å². The van der Waals surface area contributed by atoms with E-state index in [0.717, 1.165) is 12.2 Å². The van der Waals surface area contributed by atoms with Gasteiger partial charge in [-0.1, -0.05) is 0 Å². The normalized spacial score (nSPS) is 12.7. The molecule has 1 rings (SSSR count). The first-order chi connectivity index (χ1) is 7.15. The number of thioether (sulfide) groups is 1. The fraction of sp³-hybridized carbons (Fsp3) is 0.500.